The number of phenols is 1. The van der Waals surface area contributed by atoms with E-state index in [1.807, 2.05) is 0 Å². The molecule has 1 aliphatic heterocycles. The molecule has 0 atom stereocenters. The molecule has 1 amide bonds. The molecule has 0 spiro atoms. The summed E-state index contributed by atoms with van der Waals surface area (Å²) in [6.45, 7) is 0.134. The summed E-state index contributed by atoms with van der Waals surface area (Å²) in [5, 5.41) is 9.57. The van der Waals surface area contributed by atoms with Gasteiger partial charge in [-0.1, -0.05) is 12.1 Å². The number of piperidine rings is 1. The molecule has 1 aromatic carbocycles. The summed E-state index contributed by atoms with van der Waals surface area (Å²) in [7, 11) is 0. The fourth-order valence-electron chi connectivity index (χ4n) is 2.23. The van der Waals surface area contributed by atoms with Gasteiger partial charge in [0, 0.05) is 13.1 Å². The highest BCUT2D eigenvalue weighted by Gasteiger charge is 2.41. The molecular weight excluding hydrogens is 259 g/mol. The zero-order valence-corrected chi connectivity index (χ0v) is 10.2. The number of alkyl halides is 3. The number of phenolic OH excluding ortho intramolecular Hbond substituents is 1. The minimum absolute atomic E-state index is 0.0668. The number of likely N-dealkylation sites (tertiary alicyclic amines) is 1. The molecule has 0 bridgehead atoms. The normalized spacial score (nSPS) is 17.5. The van der Waals surface area contributed by atoms with Gasteiger partial charge in [0.1, 0.15) is 5.75 Å². The van der Waals surface area contributed by atoms with Crippen molar-refractivity contribution in [1.82, 2.24) is 4.90 Å². The summed E-state index contributed by atoms with van der Waals surface area (Å²) in [5.74, 6) is -1.90. The first kappa shape index (κ1) is 13.7. The van der Waals surface area contributed by atoms with E-state index in [-0.39, 0.29) is 37.2 Å². The van der Waals surface area contributed by atoms with E-state index in [1.54, 1.807) is 12.1 Å². The van der Waals surface area contributed by atoms with E-state index in [9.17, 15) is 23.1 Å². The summed E-state index contributed by atoms with van der Waals surface area (Å²) in [6, 6.07) is 6.04. The number of benzene rings is 1. The molecule has 0 unspecified atom stereocenters. The van der Waals surface area contributed by atoms with Crippen LogP contribution in [0.1, 0.15) is 23.2 Å². The molecule has 2 rings (SSSR count). The number of carbonyl (C=O) groups is 1. The van der Waals surface area contributed by atoms with Crippen molar-refractivity contribution in [3.05, 3.63) is 29.8 Å². The lowest BCUT2D eigenvalue weighted by molar-refractivity contribution is -0.183. The number of halogens is 3. The van der Waals surface area contributed by atoms with Gasteiger partial charge < -0.3 is 10.0 Å². The Morgan fingerprint density at radius 3 is 2.32 bits per heavy atom. The van der Waals surface area contributed by atoms with Crippen LogP contribution in [-0.4, -0.2) is 35.2 Å². The Labute approximate surface area is 108 Å². The first-order valence-electron chi connectivity index (χ1n) is 6.03. The van der Waals surface area contributed by atoms with Gasteiger partial charge >= 0.3 is 6.18 Å². The van der Waals surface area contributed by atoms with Crippen molar-refractivity contribution in [3.8, 4) is 5.75 Å². The molecular formula is C13H14F3NO2. The topological polar surface area (TPSA) is 40.5 Å². The van der Waals surface area contributed by atoms with Crippen molar-refractivity contribution in [2.75, 3.05) is 13.1 Å². The van der Waals surface area contributed by atoms with E-state index in [0.717, 1.165) is 0 Å². The smallest absolute Gasteiger partial charge is 0.391 e. The van der Waals surface area contributed by atoms with Gasteiger partial charge in [0.05, 0.1) is 11.5 Å². The van der Waals surface area contributed by atoms with Gasteiger partial charge in [-0.05, 0) is 25.0 Å². The summed E-state index contributed by atoms with van der Waals surface area (Å²) >= 11 is 0. The number of hydrogen-bond acceptors (Lipinski definition) is 2. The lowest BCUT2D eigenvalue weighted by Gasteiger charge is -2.33. The first-order valence-corrected chi connectivity index (χ1v) is 6.03. The van der Waals surface area contributed by atoms with Crippen LogP contribution in [-0.2, 0) is 0 Å². The molecule has 1 saturated heterocycles. The summed E-state index contributed by atoms with van der Waals surface area (Å²) in [6.07, 6.45) is -4.35. The Hall–Kier alpha value is -1.72. The third-order valence-corrected chi connectivity index (χ3v) is 3.38. The predicted molar refractivity (Wildman–Crippen MR) is 62.8 cm³/mol. The molecule has 1 heterocycles. The van der Waals surface area contributed by atoms with Crippen LogP contribution in [0.5, 0.6) is 5.75 Å². The van der Waals surface area contributed by atoms with Crippen LogP contribution in [0, 0.1) is 5.92 Å². The zero-order valence-electron chi connectivity index (χ0n) is 10.2. The fourth-order valence-corrected chi connectivity index (χ4v) is 2.23. The van der Waals surface area contributed by atoms with Gasteiger partial charge in [0.25, 0.3) is 5.91 Å². The molecule has 1 N–H and O–H groups in total. The highest BCUT2D eigenvalue weighted by atomic mass is 19.4. The lowest BCUT2D eigenvalue weighted by atomic mass is 9.96. The van der Waals surface area contributed by atoms with Crippen molar-refractivity contribution >= 4 is 5.91 Å². The Morgan fingerprint density at radius 1 is 1.21 bits per heavy atom. The molecule has 104 valence electrons. The average Bonchev–Trinajstić information content (AvgIpc) is 2.38. The van der Waals surface area contributed by atoms with Crippen LogP contribution in [0.3, 0.4) is 0 Å². The van der Waals surface area contributed by atoms with Crippen molar-refractivity contribution in [3.63, 3.8) is 0 Å². The Morgan fingerprint density at radius 2 is 1.79 bits per heavy atom. The Bertz CT molecular complexity index is 465. The van der Waals surface area contributed by atoms with Gasteiger partial charge in [-0.2, -0.15) is 13.2 Å². The minimum Gasteiger partial charge on any atom is -0.507 e. The summed E-state index contributed by atoms with van der Waals surface area (Å²) in [4.78, 5) is 13.4. The van der Waals surface area contributed by atoms with E-state index < -0.39 is 18.0 Å². The van der Waals surface area contributed by atoms with Gasteiger partial charge in [0.2, 0.25) is 0 Å². The number of nitrogens with zero attached hydrogens (tertiary/aromatic N) is 1. The van der Waals surface area contributed by atoms with Crippen molar-refractivity contribution in [1.29, 1.82) is 0 Å². The molecule has 1 fully saturated rings. The largest absolute Gasteiger partial charge is 0.507 e. The van der Waals surface area contributed by atoms with Gasteiger partial charge in [-0.3, -0.25) is 4.79 Å². The highest BCUT2D eigenvalue weighted by Crippen LogP contribution is 2.34. The van der Waals surface area contributed by atoms with Gasteiger partial charge in [-0.25, -0.2) is 0 Å². The van der Waals surface area contributed by atoms with Crippen molar-refractivity contribution in [2.45, 2.75) is 19.0 Å². The second-order valence-electron chi connectivity index (χ2n) is 4.63. The summed E-state index contributed by atoms with van der Waals surface area (Å²) in [5.41, 5.74) is 0.132. The average molecular weight is 273 g/mol. The van der Waals surface area contributed by atoms with Crippen LogP contribution >= 0.6 is 0 Å². The molecule has 19 heavy (non-hydrogen) atoms. The molecule has 0 saturated carbocycles. The number of para-hydroxylation sites is 1. The number of rotatable bonds is 1. The highest BCUT2D eigenvalue weighted by molar-refractivity contribution is 5.96. The van der Waals surface area contributed by atoms with Crippen LogP contribution in [0.2, 0.25) is 0 Å². The third kappa shape index (κ3) is 3.00. The third-order valence-electron chi connectivity index (χ3n) is 3.38. The standard InChI is InChI=1S/C13H14F3NO2/c14-13(15,16)9-5-7-17(8-6-9)12(19)10-3-1-2-4-11(10)18/h1-4,9,18H,5-8H2. The number of aromatic hydroxyl groups is 1. The second-order valence-corrected chi connectivity index (χ2v) is 4.63. The van der Waals surface area contributed by atoms with E-state index in [1.165, 1.54) is 17.0 Å². The first-order chi connectivity index (χ1) is 8.89. The number of hydrogen-bond donors (Lipinski definition) is 1. The Kier molecular flexibility index (Phi) is 3.68. The van der Waals surface area contributed by atoms with E-state index in [4.69, 9.17) is 0 Å². The van der Waals surface area contributed by atoms with Crippen LogP contribution in [0.15, 0.2) is 24.3 Å². The molecule has 1 aliphatic rings. The number of carbonyl (C=O) groups excluding carboxylic acids is 1. The minimum atomic E-state index is -4.19. The molecule has 0 aliphatic carbocycles. The van der Waals surface area contributed by atoms with E-state index >= 15 is 0 Å². The van der Waals surface area contributed by atoms with Gasteiger partial charge in [0.15, 0.2) is 0 Å². The maximum atomic E-state index is 12.5. The summed E-state index contributed by atoms with van der Waals surface area (Å²) < 4.78 is 37.5. The van der Waals surface area contributed by atoms with Crippen molar-refractivity contribution < 1.29 is 23.1 Å². The zero-order chi connectivity index (χ0) is 14.0. The molecule has 3 nitrogen and oxygen atoms in total. The maximum absolute atomic E-state index is 12.5. The molecule has 0 aromatic heterocycles. The quantitative estimate of drug-likeness (QED) is 0.854. The van der Waals surface area contributed by atoms with E-state index in [0.29, 0.717) is 0 Å². The lowest BCUT2D eigenvalue weighted by Crippen LogP contribution is -2.42. The van der Waals surface area contributed by atoms with Gasteiger partial charge in [-0.15, -0.1) is 0 Å². The SMILES string of the molecule is O=C(c1ccccc1O)N1CCC(C(F)(F)F)CC1. The molecule has 1 aromatic rings. The predicted octanol–water partition coefficient (Wildman–Crippen LogP) is 2.81. The second kappa shape index (κ2) is 5.11. The van der Waals surface area contributed by atoms with Crippen molar-refractivity contribution in [2.24, 2.45) is 5.92 Å². The fraction of sp³-hybridized carbons (Fsp3) is 0.462. The van der Waals surface area contributed by atoms with E-state index in [2.05, 4.69) is 0 Å². The van der Waals surface area contributed by atoms with Crippen LogP contribution in [0.4, 0.5) is 13.2 Å². The molecule has 0 radical (unpaired) electrons. The Balaban J connectivity index is 2.03. The monoisotopic (exact) mass is 273 g/mol. The number of amides is 1. The van der Waals surface area contributed by atoms with Crippen LogP contribution in [0.25, 0.3) is 0 Å². The van der Waals surface area contributed by atoms with Crippen LogP contribution < -0.4 is 0 Å². The maximum Gasteiger partial charge on any atom is 0.391 e. The molecule has 6 heteroatoms.